The molecule has 1 atom stereocenters. The number of hydrazine groups is 1. The first-order valence-corrected chi connectivity index (χ1v) is 6.78. The Morgan fingerprint density at radius 2 is 2.20 bits per heavy atom. The van der Waals surface area contributed by atoms with Crippen LogP contribution in [0.1, 0.15) is 23.2 Å². The van der Waals surface area contributed by atoms with E-state index in [1.165, 1.54) is 18.2 Å². The Morgan fingerprint density at radius 3 is 2.90 bits per heavy atom. The number of carbonyl (C=O) groups excluding carboxylic acids is 1. The Hall–Kier alpha value is -1.73. The molecular formula is C13H16FN3O2S. The van der Waals surface area contributed by atoms with E-state index in [-0.39, 0.29) is 16.8 Å². The molecule has 1 heterocycles. The topological polar surface area (TPSA) is 62.4 Å². The van der Waals surface area contributed by atoms with E-state index in [1.807, 2.05) is 0 Å². The van der Waals surface area contributed by atoms with Crippen LogP contribution in [0.15, 0.2) is 24.3 Å². The molecule has 0 bridgehead atoms. The van der Waals surface area contributed by atoms with Gasteiger partial charge in [0.25, 0.3) is 5.91 Å². The van der Waals surface area contributed by atoms with Gasteiger partial charge in [-0.25, -0.2) is 4.39 Å². The van der Waals surface area contributed by atoms with Crippen molar-refractivity contribution in [3.63, 3.8) is 0 Å². The van der Waals surface area contributed by atoms with Crippen LogP contribution >= 0.6 is 12.2 Å². The van der Waals surface area contributed by atoms with Gasteiger partial charge in [-0.3, -0.25) is 15.6 Å². The molecule has 0 radical (unpaired) electrons. The van der Waals surface area contributed by atoms with Gasteiger partial charge in [0.1, 0.15) is 5.82 Å². The summed E-state index contributed by atoms with van der Waals surface area (Å²) in [6.45, 7) is 1.36. The van der Waals surface area contributed by atoms with E-state index in [0.717, 1.165) is 19.4 Å². The van der Waals surface area contributed by atoms with E-state index in [9.17, 15) is 9.18 Å². The molecule has 1 aromatic rings. The third kappa shape index (κ3) is 4.14. The van der Waals surface area contributed by atoms with Crippen LogP contribution in [0.3, 0.4) is 0 Å². The summed E-state index contributed by atoms with van der Waals surface area (Å²) in [7, 11) is 0. The van der Waals surface area contributed by atoms with Gasteiger partial charge < -0.3 is 10.1 Å². The summed E-state index contributed by atoms with van der Waals surface area (Å²) >= 11 is 5.00. The minimum Gasteiger partial charge on any atom is -0.376 e. The Kier molecular flexibility index (Phi) is 5.25. The highest BCUT2D eigenvalue weighted by molar-refractivity contribution is 7.80. The maximum Gasteiger partial charge on any atom is 0.272 e. The number of benzene rings is 1. The standard InChI is InChI=1S/C13H16FN3O2S/c14-11-6-2-1-5-10(11)12(18)16-17-13(20)15-8-9-4-3-7-19-9/h1-2,5-6,9H,3-4,7-8H2,(H,16,18)(H2,15,17,20). The van der Waals surface area contributed by atoms with E-state index >= 15 is 0 Å². The number of rotatable bonds is 3. The second kappa shape index (κ2) is 7.16. The van der Waals surface area contributed by atoms with Crippen molar-refractivity contribution < 1.29 is 13.9 Å². The van der Waals surface area contributed by atoms with Gasteiger partial charge >= 0.3 is 0 Å². The SMILES string of the molecule is O=C(NNC(=S)NCC1CCCO1)c1ccccc1F. The molecule has 1 aliphatic rings. The largest absolute Gasteiger partial charge is 0.376 e. The summed E-state index contributed by atoms with van der Waals surface area (Å²) < 4.78 is 18.8. The van der Waals surface area contributed by atoms with Crippen molar-refractivity contribution in [2.45, 2.75) is 18.9 Å². The first kappa shape index (κ1) is 14.7. The molecule has 20 heavy (non-hydrogen) atoms. The van der Waals surface area contributed by atoms with E-state index in [2.05, 4.69) is 16.2 Å². The van der Waals surface area contributed by atoms with E-state index in [1.54, 1.807) is 6.07 Å². The fourth-order valence-corrected chi connectivity index (χ4v) is 2.02. The predicted octanol–water partition coefficient (Wildman–Crippen LogP) is 1.11. The molecule has 1 aliphatic heterocycles. The van der Waals surface area contributed by atoms with Gasteiger partial charge in [0, 0.05) is 13.2 Å². The molecule has 3 N–H and O–H groups in total. The molecule has 1 unspecified atom stereocenters. The number of carbonyl (C=O) groups is 1. The Morgan fingerprint density at radius 1 is 1.40 bits per heavy atom. The Labute approximate surface area is 121 Å². The molecule has 108 valence electrons. The summed E-state index contributed by atoms with van der Waals surface area (Å²) in [6.07, 6.45) is 2.20. The van der Waals surface area contributed by atoms with Crippen molar-refractivity contribution in [2.75, 3.05) is 13.2 Å². The third-order valence-corrected chi connectivity index (χ3v) is 3.17. The number of thiocarbonyl (C=S) groups is 1. The van der Waals surface area contributed by atoms with Gasteiger partial charge in [0.05, 0.1) is 11.7 Å². The van der Waals surface area contributed by atoms with Gasteiger partial charge in [-0.1, -0.05) is 12.1 Å². The van der Waals surface area contributed by atoms with Crippen LogP contribution in [-0.2, 0) is 4.74 Å². The second-order valence-electron chi connectivity index (χ2n) is 4.40. The minimum absolute atomic E-state index is 0.0399. The van der Waals surface area contributed by atoms with Crippen molar-refractivity contribution in [1.29, 1.82) is 0 Å². The second-order valence-corrected chi connectivity index (χ2v) is 4.81. The summed E-state index contributed by atoms with van der Waals surface area (Å²) in [5.74, 6) is -1.16. The van der Waals surface area contributed by atoms with Gasteiger partial charge in [-0.05, 0) is 37.2 Å². The molecule has 1 aromatic carbocycles. The highest BCUT2D eigenvalue weighted by Crippen LogP contribution is 2.10. The zero-order valence-electron chi connectivity index (χ0n) is 10.8. The van der Waals surface area contributed by atoms with Gasteiger partial charge in [0.2, 0.25) is 0 Å². The Bertz CT molecular complexity index is 492. The predicted molar refractivity (Wildman–Crippen MR) is 76.6 cm³/mol. The average Bonchev–Trinajstić information content (AvgIpc) is 2.96. The van der Waals surface area contributed by atoms with Crippen molar-refractivity contribution in [3.05, 3.63) is 35.6 Å². The zero-order chi connectivity index (χ0) is 14.4. The van der Waals surface area contributed by atoms with Gasteiger partial charge in [-0.15, -0.1) is 0 Å². The van der Waals surface area contributed by atoms with Crippen molar-refractivity contribution >= 4 is 23.2 Å². The van der Waals surface area contributed by atoms with Crippen LogP contribution in [0.5, 0.6) is 0 Å². The Balaban J connectivity index is 1.72. The lowest BCUT2D eigenvalue weighted by atomic mass is 10.2. The molecule has 1 saturated heterocycles. The molecule has 0 spiro atoms. The summed E-state index contributed by atoms with van der Waals surface area (Å²) in [4.78, 5) is 11.7. The fourth-order valence-electron chi connectivity index (χ4n) is 1.88. The number of nitrogens with one attached hydrogen (secondary N) is 3. The molecule has 1 fully saturated rings. The molecule has 7 heteroatoms. The molecular weight excluding hydrogens is 281 g/mol. The quantitative estimate of drug-likeness (QED) is 0.576. The number of amides is 1. The van der Waals surface area contributed by atoms with E-state index in [0.29, 0.717) is 6.54 Å². The molecule has 2 rings (SSSR count). The fraction of sp³-hybridized carbons (Fsp3) is 0.385. The minimum atomic E-state index is -0.579. The molecule has 0 aromatic heterocycles. The number of halogens is 1. The molecule has 5 nitrogen and oxygen atoms in total. The van der Waals surface area contributed by atoms with Crippen molar-refractivity contribution in [3.8, 4) is 0 Å². The lowest BCUT2D eigenvalue weighted by Crippen LogP contribution is -2.48. The highest BCUT2D eigenvalue weighted by atomic mass is 32.1. The van der Waals surface area contributed by atoms with Crippen LogP contribution in [-0.4, -0.2) is 30.3 Å². The van der Waals surface area contributed by atoms with Crippen molar-refractivity contribution in [2.24, 2.45) is 0 Å². The number of hydrogen-bond donors (Lipinski definition) is 3. The van der Waals surface area contributed by atoms with Gasteiger partial charge in [0.15, 0.2) is 5.11 Å². The van der Waals surface area contributed by atoms with Crippen LogP contribution in [0, 0.1) is 5.82 Å². The summed E-state index contributed by atoms with van der Waals surface area (Å²) in [6, 6.07) is 5.73. The lowest BCUT2D eigenvalue weighted by Gasteiger charge is -2.14. The van der Waals surface area contributed by atoms with Crippen LogP contribution in [0.2, 0.25) is 0 Å². The van der Waals surface area contributed by atoms with E-state index < -0.39 is 11.7 Å². The molecule has 0 aliphatic carbocycles. The number of hydrogen-bond acceptors (Lipinski definition) is 3. The first-order chi connectivity index (χ1) is 9.66. The summed E-state index contributed by atoms with van der Waals surface area (Å²) in [5, 5.41) is 3.20. The third-order valence-electron chi connectivity index (χ3n) is 2.92. The number of ether oxygens (including phenoxy) is 1. The maximum atomic E-state index is 13.4. The monoisotopic (exact) mass is 297 g/mol. The molecule has 1 amide bonds. The van der Waals surface area contributed by atoms with Gasteiger partial charge in [-0.2, -0.15) is 0 Å². The zero-order valence-corrected chi connectivity index (χ0v) is 11.6. The molecule has 0 saturated carbocycles. The normalized spacial score (nSPS) is 17.6. The first-order valence-electron chi connectivity index (χ1n) is 6.37. The smallest absolute Gasteiger partial charge is 0.272 e. The van der Waals surface area contributed by atoms with Crippen LogP contribution < -0.4 is 16.2 Å². The summed E-state index contributed by atoms with van der Waals surface area (Å²) in [5.41, 5.74) is 4.83. The average molecular weight is 297 g/mol. The van der Waals surface area contributed by atoms with Crippen LogP contribution in [0.4, 0.5) is 4.39 Å². The van der Waals surface area contributed by atoms with Crippen LogP contribution in [0.25, 0.3) is 0 Å². The lowest BCUT2D eigenvalue weighted by molar-refractivity contribution is 0.0939. The maximum absolute atomic E-state index is 13.4. The van der Waals surface area contributed by atoms with Crippen molar-refractivity contribution in [1.82, 2.24) is 16.2 Å². The highest BCUT2D eigenvalue weighted by Gasteiger charge is 2.15. The van der Waals surface area contributed by atoms with E-state index in [4.69, 9.17) is 17.0 Å².